The normalized spacial score (nSPS) is 11.8. The highest BCUT2D eigenvalue weighted by molar-refractivity contribution is 7.84. The number of nitriles is 1. The third-order valence-corrected chi connectivity index (χ3v) is 3.87. The average Bonchev–Trinajstić information content (AvgIpc) is 2.41. The number of benzene rings is 1. The smallest absolute Gasteiger partial charge is 0.119 e. The van der Waals surface area contributed by atoms with Crippen LogP contribution in [0.15, 0.2) is 24.3 Å². The highest BCUT2D eigenvalue weighted by Crippen LogP contribution is 2.12. The van der Waals surface area contributed by atoms with Crippen LogP contribution in [0.4, 0.5) is 0 Å². The number of ether oxygens (including phenoxy) is 2. The SMILES string of the molecule is COCCCS(=O)CCOc1ccc(CC#N)cc1. The number of hydrogen-bond donors (Lipinski definition) is 0. The van der Waals surface area contributed by atoms with Crippen molar-refractivity contribution in [2.45, 2.75) is 12.8 Å². The van der Waals surface area contributed by atoms with Crippen molar-refractivity contribution in [3.05, 3.63) is 29.8 Å². The first kappa shape index (κ1) is 15.7. The minimum atomic E-state index is -0.851. The first-order valence-corrected chi connectivity index (χ1v) is 7.67. The molecule has 1 rings (SSSR count). The fourth-order valence-electron chi connectivity index (χ4n) is 1.51. The van der Waals surface area contributed by atoms with E-state index in [1.165, 1.54) is 0 Å². The number of rotatable bonds is 9. The zero-order valence-corrected chi connectivity index (χ0v) is 11.9. The largest absolute Gasteiger partial charge is 0.493 e. The van der Waals surface area contributed by atoms with Crippen LogP contribution in [0.5, 0.6) is 5.75 Å². The predicted octanol–water partition coefficient (Wildman–Crippen LogP) is 1.92. The molecule has 0 fully saturated rings. The topological polar surface area (TPSA) is 59.3 Å². The second-order valence-corrected chi connectivity index (χ2v) is 5.72. The lowest BCUT2D eigenvalue weighted by atomic mass is 10.2. The van der Waals surface area contributed by atoms with Crippen molar-refractivity contribution in [3.8, 4) is 11.8 Å². The van der Waals surface area contributed by atoms with Crippen LogP contribution in [-0.2, 0) is 22.0 Å². The van der Waals surface area contributed by atoms with Crippen LogP contribution in [0.2, 0.25) is 0 Å². The van der Waals surface area contributed by atoms with Gasteiger partial charge in [0.25, 0.3) is 0 Å². The summed E-state index contributed by atoms with van der Waals surface area (Å²) < 4.78 is 22.0. The first-order chi connectivity index (χ1) is 9.26. The predicted molar refractivity (Wildman–Crippen MR) is 75.6 cm³/mol. The zero-order chi connectivity index (χ0) is 13.9. The number of hydrogen-bond acceptors (Lipinski definition) is 4. The summed E-state index contributed by atoms with van der Waals surface area (Å²) in [6.45, 7) is 1.09. The Hall–Kier alpha value is -1.38. The van der Waals surface area contributed by atoms with Crippen molar-refractivity contribution < 1.29 is 13.7 Å². The molecule has 1 atom stereocenters. The molecule has 0 saturated heterocycles. The Kier molecular flexibility index (Phi) is 7.87. The van der Waals surface area contributed by atoms with Crippen molar-refractivity contribution in [2.24, 2.45) is 0 Å². The van der Waals surface area contributed by atoms with Crippen molar-refractivity contribution in [1.82, 2.24) is 0 Å². The first-order valence-electron chi connectivity index (χ1n) is 6.19. The Balaban J connectivity index is 2.22. The van der Waals surface area contributed by atoms with Crippen LogP contribution in [0, 0.1) is 11.3 Å². The lowest BCUT2D eigenvalue weighted by Gasteiger charge is -2.06. The second kappa shape index (κ2) is 9.54. The van der Waals surface area contributed by atoms with E-state index in [4.69, 9.17) is 14.7 Å². The summed E-state index contributed by atoms with van der Waals surface area (Å²) in [5.74, 6) is 1.93. The molecule has 0 spiro atoms. The Labute approximate surface area is 116 Å². The summed E-state index contributed by atoms with van der Waals surface area (Å²) in [5, 5.41) is 8.56. The summed E-state index contributed by atoms with van der Waals surface area (Å²) in [7, 11) is 0.790. The Morgan fingerprint density at radius 1 is 1.21 bits per heavy atom. The molecule has 0 aliphatic rings. The zero-order valence-electron chi connectivity index (χ0n) is 11.1. The third kappa shape index (κ3) is 6.94. The molecule has 0 saturated carbocycles. The van der Waals surface area contributed by atoms with Crippen LogP contribution in [0.25, 0.3) is 0 Å². The van der Waals surface area contributed by atoms with Gasteiger partial charge in [0.1, 0.15) is 5.75 Å². The van der Waals surface area contributed by atoms with Crippen molar-refractivity contribution in [1.29, 1.82) is 5.26 Å². The van der Waals surface area contributed by atoms with Gasteiger partial charge in [-0.15, -0.1) is 0 Å². The fraction of sp³-hybridized carbons (Fsp3) is 0.500. The maximum Gasteiger partial charge on any atom is 0.119 e. The number of nitrogens with zero attached hydrogens (tertiary/aromatic N) is 1. The van der Waals surface area contributed by atoms with Gasteiger partial charge in [0.15, 0.2) is 0 Å². The van der Waals surface area contributed by atoms with Gasteiger partial charge in [0.05, 0.1) is 24.8 Å². The Morgan fingerprint density at radius 2 is 1.95 bits per heavy atom. The summed E-state index contributed by atoms with van der Waals surface area (Å²) in [6, 6.07) is 9.50. The van der Waals surface area contributed by atoms with Gasteiger partial charge in [-0.25, -0.2) is 0 Å². The number of methoxy groups -OCH3 is 1. The van der Waals surface area contributed by atoms with Gasteiger partial charge < -0.3 is 9.47 Å². The molecule has 104 valence electrons. The third-order valence-electron chi connectivity index (χ3n) is 2.51. The van der Waals surface area contributed by atoms with Gasteiger partial charge in [-0.2, -0.15) is 5.26 Å². The minimum Gasteiger partial charge on any atom is -0.493 e. The average molecular weight is 281 g/mol. The van der Waals surface area contributed by atoms with Crippen LogP contribution < -0.4 is 4.74 Å². The molecule has 0 aromatic heterocycles. The van der Waals surface area contributed by atoms with Crippen molar-refractivity contribution in [2.75, 3.05) is 31.8 Å². The van der Waals surface area contributed by atoms with Crippen molar-refractivity contribution >= 4 is 10.8 Å². The molecular weight excluding hydrogens is 262 g/mol. The van der Waals surface area contributed by atoms with E-state index in [9.17, 15) is 4.21 Å². The van der Waals surface area contributed by atoms with E-state index < -0.39 is 10.8 Å². The van der Waals surface area contributed by atoms with E-state index in [1.807, 2.05) is 24.3 Å². The van der Waals surface area contributed by atoms with E-state index in [-0.39, 0.29) is 0 Å². The molecule has 0 amide bonds. The van der Waals surface area contributed by atoms with Crippen LogP contribution in [-0.4, -0.2) is 36.0 Å². The highest BCUT2D eigenvalue weighted by Gasteiger charge is 2.01. The Morgan fingerprint density at radius 3 is 2.58 bits per heavy atom. The molecule has 1 unspecified atom stereocenters. The minimum absolute atomic E-state index is 0.407. The van der Waals surface area contributed by atoms with E-state index in [2.05, 4.69) is 6.07 Å². The molecule has 0 N–H and O–H groups in total. The summed E-state index contributed by atoms with van der Waals surface area (Å²) in [4.78, 5) is 0. The van der Waals surface area contributed by atoms with Crippen LogP contribution >= 0.6 is 0 Å². The second-order valence-electron chi connectivity index (χ2n) is 4.02. The quantitative estimate of drug-likeness (QED) is 0.649. The van der Waals surface area contributed by atoms with Gasteiger partial charge in [-0.3, -0.25) is 4.21 Å². The molecule has 0 heterocycles. The standard InChI is InChI=1S/C14H19NO3S/c1-17-9-2-11-19(16)12-10-18-14-5-3-13(4-6-14)7-8-15/h3-6H,2,7,9-12H2,1H3. The van der Waals surface area contributed by atoms with Gasteiger partial charge >= 0.3 is 0 Å². The molecule has 19 heavy (non-hydrogen) atoms. The van der Waals surface area contributed by atoms with E-state index >= 15 is 0 Å². The molecule has 1 aromatic rings. The van der Waals surface area contributed by atoms with E-state index in [0.717, 1.165) is 17.7 Å². The van der Waals surface area contributed by atoms with Gasteiger partial charge in [0, 0.05) is 30.3 Å². The molecule has 0 radical (unpaired) electrons. The monoisotopic (exact) mass is 281 g/mol. The lowest BCUT2D eigenvalue weighted by Crippen LogP contribution is -2.12. The molecule has 4 nitrogen and oxygen atoms in total. The van der Waals surface area contributed by atoms with Crippen LogP contribution in [0.1, 0.15) is 12.0 Å². The van der Waals surface area contributed by atoms with Gasteiger partial charge in [0.2, 0.25) is 0 Å². The Bertz CT molecular complexity index is 425. The van der Waals surface area contributed by atoms with Crippen LogP contribution in [0.3, 0.4) is 0 Å². The summed E-state index contributed by atoms with van der Waals surface area (Å²) in [5.41, 5.74) is 0.970. The van der Waals surface area contributed by atoms with Gasteiger partial charge in [-0.05, 0) is 24.1 Å². The fourth-order valence-corrected chi connectivity index (χ4v) is 2.43. The summed E-state index contributed by atoms with van der Waals surface area (Å²) in [6.07, 6.45) is 1.22. The molecule has 0 aliphatic heterocycles. The van der Waals surface area contributed by atoms with Crippen molar-refractivity contribution in [3.63, 3.8) is 0 Å². The molecular formula is C14H19NO3S. The molecule has 0 aliphatic carbocycles. The molecule has 5 heteroatoms. The maximum atomic E-state index is 11.6. The lowest BCUT2D eigenvalue weighted by molar-refractivity contribution is 0.200. The van der Waals surface area contributed by atoms with E-state index in [1.54, 1.807) is 7.11 Å². The summed E-state index contributed by atoms with van der Waals surface area (Å²) >= 11 is 0. The van der Waals surface area contributed by atoms with E-state index in [0.29, 0.717) is 31.1 Å². The van der Waals surface area contributed by atoms with Gasteiger partial charge in [-0.1, -0.05) is 12.1 Å². The molecule has 0 bridgehead atoms. The molecule has 1 aromatic carbocycles. The maximum absolute atomic E-state index is 11.6. The highest BCUT2D eigenvalue weighted by atomic mass is 32.2.